The molecule has 0 bridgehead atoms. The minimum Gasteiger partial charge on any atom is -0.508 e. The van der Waals surface area contributed by atoms with Crippen LogP contribution in [0.4, 0.5) is 0 Å². The minimum atomic E-state index is -2.03. The molecule has 5 rings (SSSR count). The summed E-state index contributed by atoms with van der Waals surface area (Å²) in [6.45, 7) is 8.55. The maximum atomic E-state index is 14.9. The lowest BCUT2D eigenvalue weighted by molar-refractivity contribution is -0.143. The van der Waals surface area contributed by atoms with E-state index in [1.807, 2.05) is 0 Å². The molecule has 0 saturated heterocycles. The molecule has 0 fully saturated rings. The molecule has 0 aliphatic carbocycles. The average Bonchev–Trinajstić information content (AvgIpc) is 0.842. The maximum Gasteiger partial charge on any atom is 0.328 e. The van der Waals surface area contributed by atoms with E-state index in [4.69, 9.17) is 22.9 Å². The molecule has 794 valence electrons. The molecule has 146 heavy (non-hydrogen) atoms. The number of thiol groups is 2. The standard InChI is InChI=1S/C96H132N22O26S2/c1-49(2)35-62(86(133)110-65(38-56-25-17-11-18-26-56)88(135)114-70(46-120)96(143)144)105-76(125)43-101-80(127)52(7)103-81(128)53(8)104-85(132)64(37-55-23-15-10-16-24-55)109-84(131)61(33-34-73(98)122)107-90(137)69(42-75(100)124)111-87(134)67(40-58-29-31-59(121)32-30-58)113-95(142)79(51(5)6)118-93(140)72(48-146)116-89(136)66(39-57-27-19-12-20-28-57)112-94(141)78(50(3)4)117-91(138)68(41-74(99)123)106-77(126)44-102-83(130)63(36-54-21-13-9-14-22-54)108-92(139)71(47-145)115-82(129)60(97)45-119/h9-32,49-53,60-72,78-79,119-121,145-146H,33-48,97H2,1-8H3,(H2,98,122)(H2,99,123)(H2,100,124)(H,101,127)(H,102,130)(H,103,128)(H,104,132)(H,105,125)(H,106,126)(H,107,137)(H,108,139)(H,109,131)(H,110,133)(H,111,134)(H,112,141)(H,113,142)(H,114,135)(H,115,129)(H,116,136)(H,117,138)(H,118,140)(H,143,144)/t52-,53-,60-,61-,62-,63-,64-,65-,66-,67-,68-,69-,70-,71-,72-,78-,79-/m0/s1. The van der Waals surface area contributed by atoms with Crippen LogP contribution in [0, 0.1) is 17.8 Å². The van der Waals surface area contributed by atoms with E-state index in [1.165, 1.54) is 65.8 Å². The van der Waals surface area contributed by atoms with Crippen LogP contribution in [0.1, 0.15) is 115 Å². The van der Waals surface area contributed by atoms with Crippen molar-refractivity contribution in [2.24, 2.45) is 40.7 Å². The lowest BCUT2D eigenvalue weighted by Gasteiger charge is -2.29. The van der Waals surface area contributed by atoms with Crippen LogP contribution in [0.3, 0.4) is 0 Å². The van der Waals surface area contributed by atoms with Crippen molar-refractivity contribution in [3.05, 3.63) is 173 Å². The van der Waals surface area contributed by atoms with Crippen LogP contribution in [0.25, 0.3) is 0 Å². The highest BCUT2D eigenvalue weighted by molar-refractivity contribution is 7.80. The fraction of sp³-hybridized carbons (Fsp3) is 0.458. The maximum absolute atomic E-state index is 14.9. The number of aliphatic carboxylic acids is 1. The van der Waals surface area contributed by atoms with Gasteiger partial charge in [0.1, 0.15) is 108 Å². The number of aliphatic hydroxyl groups is 2. The molecule has 0 aliphatic rings. The van der Waals surface area contributed by atoms with Gasteiger partial charge >= 0.3 is 5.97 Å². The molecular weight excluding hydrogens is 1940 g/mol. The molecular formula is C96H132N22O26S2. The Kier molecular flexibility index (Phi) is 51.3. The number of aromatic hydroxyl groups is 1. The number of phenols is 1. The molecule has 0 unspecified atom stereocenters. The van der Waals surface area contributed by atoms with Crippen LogP contribution in [0.5, 0.6) is 5.75 Å². The van der Waals surface area contributed by atoms with E-state index in [-0.39, 0.29) is 55.1 Å². The van der Waals surface area contributed by atoms with Gasteiger partial charge in [0.15, 0.2) is 0 Å². The number of aliphatic hydroxyl groups excluding tert-OH is 2. The summed E-state index contributed by atoms with van der Waals surface area (Å²) in [5, 5.41) is 82.6. The van der Waals surface area contributed by atoms with Crippen molar-refractivity contribution in [1.29, 1.82) is 0 Å². The Balaban J connectivity index is 1.31. The number of carbonyl (C=O) groups is 22. The molecule has 5 aromatic rings. The Morgan fingerprint density at radius 2 is 0.582 bits per heavy atom. The van der Waals surface area contributed by atoms with Gasteiger partial charge in [-0.15, -0.1) is 0 Å². The number of carboxylic acids is 1. The number of nitrogens with two attached hydrogens (primary N) is 4. The highest BCUT2D eigenvalue weighted by Crippen LogP contribution is 2.18. The van der Waals surface area contributed by atoms with Crippen LogP contribution in [0.2, 0.25) is 0 Å². The van der Waals surface area contributed by atoms with E-state index >= 15 is 0 Å². The normalized spacial score (nSPS) is 14.5. The first kappa shape index (κ1) is 121. The molecule has 17 atom stereocenters. The van der Waals surface area contributed by atoms with Crippen LogP contribution in [-0.2, 0) is 138 Å². The van der Waals surface area contributed by atoms with E-state index in [1.54, 1.807) is 135 Å². The smallest absolute Gasteiger partial charge is 0.328 e. The zero-order chi connectivity index (χ0) is 109. The second-order valence-corrected chi connectivity index (χ2v) is 36.2. The molecule has 0 spiro atoms. The highest BCUT2D eigenvalue weighted by Gasteiger charge is 2.41. The zero-order valence-corrected chi connectivity index (χ0v) is 83.5. The Morgan fingerprint density at radius 1 is 0.295 bits per heavy atom. The number of rotatable bonds is 62. The zero-order valence-electron chi connectivity index (χ0n) is 81.7. The van der Waals surface area contributed by atoms with Gasteiger partial charge in [-0.05, 0) is 84.4 Å². The summed E-state index contributed by atoms with van der Waals surface area (Å²) in [5.41, 5.74) is 24.6. The Bertz CT molecular complexity index is 5330. The molecule has 0 radical (unpaired) electrons. The number of carboxylic acid groups (broad SMARTS) is 1. The Labute approximate surface area is 852 Å². The quantitative estimate of drug-likeness (QED) is 0.0161. The van der Waals surface area contributed by atoms with E-state index < -0.39 is 309 Å². The van der Waals surface area contributed by atoms with Crippen LogP contribution < -0.4 is 119 Å². The number of hydrogen-bond acceptors (Lipinski definition) is 28. The summed E-state index contributed by atoms with van der Waals surface area (Å²) in [5.74, 6) is -26.2. The van der Waals surface area contributed by atoms with Gasteiger partial charge in [-0.25, -0.2) is 4.79 Å². The second kappa shape index (κ2) is 61.7. The topological polar surface area (TPSA) is 777 Å². The van der Waals surface area contributed by atoms with E-state index in [9.17, 15) is 126 Å². The molecule has 0 aromatic heterocycles. The predicted octanol–water partition coefficient (Wildman–Crippen LogP) is -7.43. The number of amides is 21. The summed E-state index contributed by atoms with van der Waals surface area (Å²) in [6, 6.07) is 11.0. The summed E-state index contributed by atoms with van der Waals surface area (Å²) in [7, 11) is 0. The molecule has 0 heterocycles. The van der Waals surface area contributed by atoms with Gasteiger partial charge in [-0.2, -0.15) is 25.3 Å². The van der Waals surface area contributed by atoms with Crippen LogP contribution in [-0.4, -0.2) is 291 Å². The predicted molar refractivity (Wildman–Crippen MR) is 533 cm³/mol. The van der Waals surface area contributed by atoms with Crippen LogP contribution in [0.15, 0.2) is 146 Å². The van der Waals surface area contributed by atoms with Crippen LogP contribution >= 0.6 is 25.3 Å². The first-order valence-electron chi connectivity index (χ1n) is 46.6. The largest absolute Gasteiger partial charge is 0.508 e. The van der Waals surface area contributed by atoms with Crippen molar-refractivity contribution < 1.29 is 126 Å². The minimum absolute atomic E-state index is 0.0104. The molecule has 21 amide bonds. The summed E-state index contributed by atoms with van der Waals surface area (Å²) >= 11 is 8.48. The molecule has 0 saturated carbocycles. The summed E-state index contributed by atoms with van der Waals surface area (Å²) in [4.78, 5) is 302. The third kappa shape index (κ3) is 42.8. The van der Waals surface area contributed by atoms with Gasteiger partial charge in [-0.3, -0.25) is 101 Å². The van der Waals surface area contributed by atoms with Crippen molar-refractivity contribution >= 4 is 155 Å². The van der Waals surface area contributed by atoms with Crippen molar-refractivity contribution in [2.45, 2.75) is 222 Å². The fourth-order valence-corrected chi connectivity index (χ4v) is 14.7. The van der Waals surface area contributed by atoms with E-state index in [0.29, 0.717) is 22.3 Å². The van der Waals surface area contributed by atoms with Gasteiger partial charge in [0.05, 0.1) is 39.1 Å². The van der Waals surface area contributed by atoms with Gasteiger partial charge in [0.2, 0.25) is 124 Å². The van der Waals surface area contributed by atoms with Crippen molar-refractivity contribution in [1.82, 2.24) is 95.7 Å². The lowest BCUT2D eigenvalue weighted by Crippen LogP contribution is -2.62. The first-order chi connectivity index (χ1) is 69.0. The third-order valence-corrected chi connectivity index (χ3v) is 23.0. The third-order valence-electron chi connectivity index (χ3n) is 22.2. The Morgan fingerprint density at radius 3 is 0.952 bits per heavy atom. The number of carbonyl (C=O) groups excluding carboxylic acids is 21. The Hall–Kier alpha value is -15.2. The molecule has 0 aliphatic heterocycles. The fourth-order valence-electron chi connectivity index (χ4n) is 14.2. The summed E-state index contributed by atoms with van der Waals surface area (Å²) < 4.78 is 0. The molecule has 30 N–H and O–H groups in total. The van der Waals surface area contributed by atoms with E-state index in [0.717, 1.165) is 0 Å². The number of hydrogen-bond donors (Lipinski definition) is 28. The molecule has 48 nitrogen and oxygen atoms in total. The first-order valence-corrected chi connectivity index (χ1v) is 47.9. The van der Waals surface area contributed by atoms with Crippen molar-refractivity contribution in [2.75, 3.05) is 37.8 Å². The second-order valence-electron chi connectivity index (χ2n) is 35.5. The lowest BCUT2D eigenvalue weighted by atomic mass is 9.99. The monoisotopic (exact) mass is 2070 g/mol. The van der Waals surface area contributed by atoms with Crippen molar-refractivity contribution in [3.8, 4) is 5.75 Å². The summed E-state index contributed by atoms with van der Waals surface area (Å²) in [6.07, 6.45) is -4.41. The van der Waals surface area contributed by atoms with Gasteiger partial charge in [0.25, 0.3) is 0 Å². The SMILES string of the molecule is CC(C)C[C@H](NC(=O)CNC(=O)[C@H](C)NC(=O)[C@H](C)NC(=O)[C@H](Cc1ccccc1)NC(=O)[C@H](CCC(N)=O)NC(=O)[C@H](CC(N)=O)NC(=O)[C@H](Cc1ccc(O)cc1)NC(=O)[C@@H](NC(=O)[C@H](CS)NC(=O)[C@H](Cc1ccccc1)NC(=O)[C@@H](NC(=O)[C@H](CC(N)=O)NC(=O)CNC(=O)[C@H](Cc1ccccc1)NC(=O)[C@H](CS)NC(=O)[C@@H](N)CO)C(C)C)C(C)C)C(=O)N[C@@H](Cc1ccccc1)C(=O)N[C@@H](CO)C(=O)O. The molecule has 50 heteroatoms. The molecule has 5 aromatic carbocycles. The van der Waals surface area contributed by atoms with Gasteiger partial charge < -0.3 is 139 Å². The van der Waals surface area contributed by atoms with Crippen molar-refractivity contribution in [3.63, 3.8) is 0 Å². The number of benzene rings is 5. The van der Waals surface area contributed by atoms with E-state index in [2.05, 4.69) is 121 Å². The number of phenolic OH excluding ortho intramolecular Hbond substituents is 1. The highest BCUT2D eigenvalue weighted by atomic mass is 32.1. The van der Waals surface area contributed by atoms with Gasteiger partial charge in [0, 0.05) is 50.0 Å². The average molecular weight is 2070 g/mol. The number of primary amides is 3. The number of nitrogens with one attached hydrogen (secondary N) is 18. The van der Waals surface area contributed by atoms with Gasteiger partial charge in [-0.1, -0.05) is 175 Å².